The third kappa shape index (κ3) is 6.22. The van der Waals surface area contributed by atoms with Crippen LogP contribution in [0.5, 0.6) is 0 Å². The van der Waals surface area contributed by atoms with Gasteiger partial charge in [0.2, 0.25) is 0 Å². The Balaban J connectivity index is 1.61. The Morgan fingerprint density at radius 1 is 1.03 bits per heavy atom. The zero-order valence-corrected chi connectivity index (χ0v) is 21.2. The van der Waals surface area contributed by atoms with Gasteiger partial charge in [0.15, 0.2) is 0 Å². The molecule has 0 heterocycles. The molecule has 0 aliphatic heterocycles. The first-order valence-corrected chi connectivity index (χ1v) is 13.1. The summed E-state index contributed by atoms with van der Waals surface area (Å²) in [6.45, 7) is 10.1. The van der Waals surface area contributed by atoms with E-state index >= 15 is 4.39 Å². The van der Waals surface area contributed by atoms with Crippen LogP contribution < -0.4 is 10.6 Å². The quantitative estimate of drug-likeness (QED) is 0.447. The van der Waals surface area contributed by atoms with Gasteiger partial charge in [-0.2, -0.15) is 0 Å². The molecule has 2 atom stereocenters. The normalized spacial score (nSPS) is 30.5. The van der Waals surface area contributed by atoms with Crippen LogP contribution >= 0.6 is 0 Å². The van der Waals surface area contributed by atoms with Crippen LogP contribution in [0.4, 0.5) is 15.8 Å². The summed E-state index contributed by atoms with van der Waals surface area (Å²) in [7, 11) is 0. The lowest BCUT2D eigenvalue weighted by Crippen LogP contribution is -2.46. The molecule has 3 aliphatic rings. The number of benzene rings is 1. The fourth-order valence-corrected chi connectivity index (χ4v) is 6.77. The van der Waals surface area contributed by atoms with E-state index in [1.807, 2.05) is 20.8 Å². The van der Waals surface area contributed by atoms with Crippen LogP contribution in [0.25, 0.3) is 0 Å². The van der Waals surface area contributed by atoms with Gasteiger partial charge in [-0.25, -0.2) is 9.18 Å². The molecular formula is C28H43FN2O2. The Kier molecular flexibility index (Phi) is 6.98. The average Bonchev–Trinajstić information content (AvgIpc) is 2.68. The van der Waals surface area contributed by atoms with Crippen LogP contribution in [-0.4, -0.2) is 23.2 Å². The summed E-state index contributed by atoms with van der Waals surface area (Å²) >= 11 is 0. The first kappa shape index (κ1) is 24.3. The molecule has 3 aliphatic carbocycles. The van der Waals surface area contributed by atoms with Crippen LogP contribution in [0.3, 0.4) is 0 Å². The minimum atomic E-state index is -0.665. The van der Waals surface area contributed by atoms with Crippen LogP contribution in [0.2, 0.25) is 0 Å². The molecule has 0 amide bonds. The number of carbonyl (C=O) groups excluding carboxylic acids is 1. The topological polar surface area (TPSA) is 50.4 Å². The Labute approximate surface area is 199 Å². The van der Waals surface area contributed by atoms with Gasteiger partial charge >= 0.3 is 5.97 Å². The lowest BCUT2D eigenvalue weighted by Gasteiger charge is -2.48. The molecule has 2 N–H and O–H groups in total. The van der Waals surface area contributed by atoms with Crippen molar-refractivity contribution in [2.45, 2.75) is 116 Å². The first-order valence-electron chi connectivity index (χ1n) is 13.1. The summed E-state index contributed by atoms with van der Waals surface area (Å²) in [5.74, 6) is 1.17. The minimum absolute atomic E-state index is 0.00766. The molecule has 3 saturated carbocycles. The number of carbonyl (C=O) groups is 1. The van der Waals surface area contributed by atoms with Crippen molar-refractivity contribution in [2.75, 3.05) is 10.6 Å². The highest BCUT2D eigenvalue weighted by Crippen LogP contribution is 2.48. The van der Waals surface area contributed by atoms with Crippen molar-refractivity contribution in [3.63, 3.8) is 0 Å². The number of ether oxygens (including phenoxy) is 1. The van der Waals surface area contributed by atoms with E-state index in [0.29, 0.717) is 6.04 Å². The molecule has 5 heteroatoms. The molecule has 1 aromatic rings. The van der Waals surface area contributed by atoms with Gasteiger partial charge < -0.3 is 15.4 Å². The highest BCUT2D eigenvalue weighted by Gasteiger charge is 2.41. The van der Waals surface area contributed by atoms with Gasteiger partial charge in [0, 0.05) is 11.6 Å². The van der Waals surface area contributed by atoms with Gasteiger partial charge in [-0.3, -0.25) is 0 Å². The average molecular weight is 459 g/mol. The standard InChI is InChI=1S/C28H43FN2O2/c1-18-11-19-13-20(12-18)17-28(5,16-19)31-25-15-23(29)22(26(32)33-27(2,3)4)14-24(25)30-21-9-7-6-8-10-21/h14-15,18-21,30-31H,6-13,16-17H2,1-5H3. The maximum Gasteiger partial charge on any atom is 0.341 e. The van der Waals surface area contributed by atoms with E-state index in [9.17, 15) is 4.79 Å². The number of hydrogen-bond acceptors (Lipinski definition) is 4. The third-order valence-corrected chi connectivity index (χ3v) is 7.74. The van der Waals surface area contributed by atoms with E-state index in [-0.39, 0.29) is 11.1 Å². The number of anilines is 2. The Bertz CT molecular complexity index is 838. The number of esters is 1. The van der Waals surface area contributed by atoms with E-state index < -0.39 is 17.4 Å². The van der Waals surface area contributed by atoms with E-state index in [1.165, 1.54) is 44.6 Å². The Morgan fingerprint density at radius 2 is 1.67 bits per heavy atom. The number of halogens is 1. The second kappa shape index (κ2) is 9.46. The highest BCUT2D eigenvalue weighted by atomic mass is 19.1. The number of rotatable bonds is 5. The van der Waals surface area contributed by atoms with Crippen LogP contribution in [0.15, 0.2) is 12.1 Å². The minimum Gasteiger partial charge on any atom is -0.456 e. The monoisotopic (exact) mass is 458 g/mol. The number of fused-ring (bicyclic) bond motifs is 2. The summed E-state index contributed by atoms with van der Waals surface area (Å²) in [5.41, 5.74) is 0.891. The van der Waals surface area contributed by atoms with Gasteiger partial charge in [0.1, 0.15) is 11.4 Å². The molecule has 2 unspecified atom stereocenters. The SMILES string of the molecule is CC1CC2CC(C1)CC(C)(Nc1cc(F)c(C(=O)OC(C)(C)C)cc1NC1CCCCC1)C2. The first-order chi connectivity index (χ1) is 15.5. The highest BCUT2D eigenvalue weighted by molar-refractivity contribution is 5.93. The van der Waals surface area contributed by atoms with Gasteiger partial charge in [0.25, 0.3) is 0 Å². The van der Waals surface area contributed by atoms with E-state index in [4.69, 9.17) is 4.74 Å². The predicted octanol–water partition coefficient (Wildman–Crippen LogP) is 7.54. The Hall–Kier alpha value is -1.78. The molecule has 3 fully saturated rings. The molecule has 4 rings (SSSR count). The predicted molar refractivity (Wildman–Crippen MR) is 133 cm³/mol. The molecule has 0 aromatic heterocycles. The van der Waals surface area contributed by atoms with Crippen molar-refractivity contribution in [3.8, 4) is 0 Å². The van der Waals surface area contributed by atoms with Gasteiger partial charge in [-0.05, 0) is 103 Å². The molecule has 4 nitrogen and oxygen atoms in total. The van der Waals surface area contributed by atoms with Crippen molar-refractivity contribution in [3.05, 3.63) is 23.5 Å². The number of nitrogens with one attached hydrogen (secondary N) is 2. The van der Waals surface area contributed by atoms with Gasteiger partial charge in [0.05, 0.1) is 16.9 Å². The smallest absolute Gasteiger partial charge is 0.341 e. The summed E-state index contributed by atoms with van der Waals surface area (Å²) in [6, 6.07) is 3.55. The van der Waals surface area contributed by atoms with Crippen molar-refractivity contribution < 1.29 is 13.9 Å². The molecule has 184 valence electrons. The number of hydrogen-bond donors (Lipinski definition) is 2. The Morgan fingerprint density at radius 3 is 2.27 bits per heavy atom. The van der Waals surface area contributed by atoms with Crippen LogP contribution in [-0.2, 0) is 4.74 Å². The molecular weight excluding hydrogens is 415 g/mol. The zero-order chi connectivity index (χ0) is 23.8. The van der Waals surface area contributed by atoms with Crippen molar-refractivity contribution >= 4 is 17.3 Å². The van der Waals surface area contributed by atoms with Crippen molar-refractivity contribution in [2.24, 2.45) is 17.8 Å². The molecule has 1 aromatic carbocycles. The zero-order valence-electron chi connectivity index (χ0n) is 21.2. The lowest BCUT2D eigenvalue weighted by atomic mass is 9.62. The second-order valence-corrected chi connectivity index (χ2v) is 12.5. The van der Waals surface area contributed by atoms with E-state index in [2.05, 4.69) is 24.5 Å². The van der Waals surface area contributed by atoms with Crippen LogP contribution in [0, 0.1) is 23.6 Å². The maximum atomic E-state index is 15.2. The summed E-state index contributed by atoms with van der Waals surface area (Å²) in [4.78, 5) is 12.7. The van der Waals surface area contributed by atoms with E-state index in [1.54, 1.807) is 6.07 Å². The summed E-state index contributed by atoms with van der Waals surface area (Å²) < 4.78 is 20.7. The fourth-order valence-electron chi connectivity index (χ4n) is 6.77. The van der Waals surface area contributed by atoms with Crippen molar-refractivity contribution in [1.82, 2.24) is 0 Å². The molecule has 0 saturated heterocycles. The molecule has 0 radical (unpaired) electrons. The molecule has 33 heavy (non-hydrogen) atoms. The van der Waals surface area contributed by atoms with Gasteiger partial charge in [-0.1, -0.05) is 26.2 Å². The fraction of sp³-hybridized carbons (Fsp3) is 0.750. The molecule has 0 spiro atoms. The van der Waals surface area contributed by atoms with E-state index in [0.717, 1.165) is 54.8 Å². The van der Waals surface area contributed by atoms with Crippen LogP contribution in [0.1, 0.15) is 109 Å². The maximum absolute atomic E-state index is 15.2. The van der Waals surface area contributed by atoms with Gasteiger partial charge in [-0.15, -0.1) is 0 Å². The summed E-state index contributed by atoms with van der Waals surface area (Å²) in [5, 5.41) is 7.42. The van der Waals surface area contributed by atoms with Crippen molar-refractivity contribution in [1.29, 1.82) is 0 Å². The third-order valence-electron chi connectivity index (χ3n) is 7.74. The largest absolute Gasteiger partial charge is 0.456 e. The lowest BCUT2D eigenvalue weighted by molar-refractivity contribution is 0.00648. The second-order valence-electron chi connectivity index (χ2n) is 12.5. The molecule has 2 bridgehead atoms. The summed E-state index contributed by atoms with van der Waals surface area (Å²) in [6.07, 6.45) is 12.1.